The number of rotatable bonds is 6. The van der Waals surface area contributed by atoms with E-state index in [-0.39, 0.29) is 5.69 Å². The molecule has 0 atom stereocenters. The lowest BCUT2D eigenvalue weighted by molar-refractivity contribution is -0.123. The summed E-state index contributed by atoms with van der Waals surface area (Å²) in [6.07, 6.45) is -0.450. The number of hydrogen-bond acceptors (Lipinski definition) is 3. The molecule has 5 nitrogen and oxygen atoms in total. The van der Waals surface area contributed by atoms with Gasteiger partial charge in [-0.25, -0.2) is 4.39 Å². The molecule has 0 aliphatic rings. The normalized spacial score (nSPS) is 10.1. The van der Waals surface area contributed by atoms with E-state index in [9.17, 15) is 14.0 Å². The first kappa shape index (κ1) is 18.1. The van der Waals surface area contributed by atoms with Crippen molar-refractivity contribution in [2.75, 3.05) is 10.6 Å². The number of para-hydroxylation sites is 4. The van der Waals surface area contributed by atoms with Gasteiger partial charge in [0.05, 0.1) is 11.4 Å². The Balaban J connectivity index is 1.62. The average Bonchev–Trinajstić information content (AvgIpc) is 2.66. The molecule has 0 spiro atoms. The number of benzene rings is 3. The molecular weight excluding hydrogens is 347 g/mol. The van der Waals surface area contributed by atoms with Crippen LogP contribution in [0.25, 0.3) is 0 Å². The molecule has 2 N–H and O–H groups in total. The van der Waals surface area contributed by atoms with E-state index in [1.165, 1.54) is 18.2 Å². The molecule has 27 heavy (non-hydrogen) atoms. The molecule has 0 aliphatic carbocycles. The Labute approximate surface area is 155 Å². The summed E-state index contributed by atoms with van der Waals surface area (Å²) in [5.74, 6) is -0.636. The van der Waals surface area contributed by atoms with Gasteiger partial charge in [-0.2, -0.15) is 0 Å². The lowest BCUT2D eigenvalue weighted by Crippen LogP contribution is -2.22. The average molecular weight is 364 g/mol. The van der Waals surface area contributed by atoms with Gasteiger partial charge in [0.15, 0.2) is 5.75 Å². The molecule has 0 saturated heterocycles. The molecular formula is C21H17FN2O3. The molecule has 3 aromatic carbocycles. The lowest BCUT2D eigenvalue weighted by Gasteiger charge is -2.12. The number of amides is 2. The van der Waals surface area contributed by atoms with E-state index in [1.807, 2.05) is 18.2 Å². The summed E-state index contributed by atoms with van der Waals surface area (Å²) < 4.78 is 19.3. The van der Waals surface area contributed by atoms with Crippen molar-refractivity contribution in [3.63, 3.8) is 0 Å². The zero-order valence-corrected chi connectivity index (χ0v) is 14.3. The number of hydrogen-bond donors (Lipinski definition) is 2. The molecule has 0 unspecified atom stereocenters. The molecule has 136 valence electrons. The Morgan fingerprint density at radius 2 is 1.30 bits per heavy atom. The minimum Gasteiger partial charge on any atom is -0.455 e. The third-order valence-electron chi connectivity index (χ3n) is 3.60. The fourth-order valence-electron chi connectivity index (χ4n) is 2.37. The molecule has 3 aromatic rings. The third-order valence-corrected chi connectivity index (χ3v) is 3.60. The van der Waals surface area contributed by atoms with Crippen molar-refractivity contribution >= 4 is 23.2 Å². The lowest BCUT2D eigenvalue weighted by atomic mass is 10.2. The third kappa shape index (κ3) is 5.15. The fourth-order valence-corrected chi connectivity index (χ4v) is 2.37. The summed E-state index contributed by atoms with van der Waals surface area (Å²) >= 11 is 0. The van der Waals surface area contributed by atoms with Crippen molar-refractivity contribution in [2.45, 2.75) is 6.42 Å². The minimum atomic E-state index is -0.612. The number of halogens is 1. The Morgan fingerprint density at radius 1 is 0.741 bits per heavy atom. The molecule has 0 saturated carbocycles. The summed E-state index contributed by atoms with van der Waals surface area (Å²) in [6.45, 7) is 0. The van der Waals surface area contributed by atoms with E-state index in [0.29, 0.717) is 17.2 Å². The van der Waals surface area contributed by atoms with E-state index >= 15 is 0 Å². The standard InChI is InChI=1S/C21H17FN2O3/c22-16-10-4-5-11-17(16)23-20(25)14-21(26)24-18-12-6-7-13-19(18)27-15-8-2-1-3-9-15/h1-13H,14H2,(H,23,25)(H,24,26). The van der Waals surface area contributed by atoms with Gasteiger partial charge in [-0.15, -0.1) is 0 Å². The van der Waals surface area contributed by atoms with Crippen molar-refractivity contribution in [1.29, 1.82) is 0 Å². The zero-order valence-electron chi connectivity index (χ0n) is 14.3. The van der Waals surface area contributed by atoms with Crippen molar-refractivity contribution in [2.24, 2.45) is 0 Å². The second kappa shape index (κ2) is 8.62. The van der Waals surface area contributed by atoms with Crippen LogP contribution in [0, 0.1) is 5.82 Å². The highest BCUT2D eigenvalue weighted by molar-refractivity contribution is 6.08. The van der Waals surface area contributed by atoms with Crippen LogP contribution in [0.4, 0.5) is 15.8 Å². The van der Waals surface area contributed by atoms with Gasteiger partial charge in [0.2, 0.25) is 11.8 Å². The molecule has 2 amide bonds. The largest absolute Gasteiger partial charge is 0.455 e. The van der Waals surface area contributed by atoms with Crippen LogP contribution < -0.4 is 15.4 Å². The predicted molar refractivity (Wildman–Crippen MR) is 101 cm³/mol. The fraction of sp³-hybridized carbons (Fsp3) is 0.0476. The summed E-state index contributed by atoms with van der Waals surface area (Å²) in [5.41, 5.74) is 0.466. The molecule has 3 rings (SSSR count). The van der Waals surface area contributed by atoms with Crippen molar-refractivity contribution < 1.29 is 18.7 Å². The van der Waals surface area contributed by atoms with Crippen LogP contribution in [0.1, 0.15) is 6.42 Å². The Bertz CT molecular complexity index is 945. The van der Waals surface area contributed by atoms with Crippen molar-refractivity contribution in [3.8, 4) is 11.5 Å². The van der Waals surface area contributed by atoms with E-state index < -0.39 is 24.1 Å². The number of nitrogens with one attached hydrogen (secondary N) is 2. The van der Waals surface area contributed by atoms with Gasteiger partial charge in [-0.05, 0) is 36.4 Å². The van der Waals surface area contributed by atoms with Crippen LogP contribution in [0.5, 0.6) is 11.5 Å². The van der Waals surface area contributed by atoms with Crippen LogP contribution in [0.2, 0.25) is 0 Å². The number of anilines is 2. The molecule has 0 aliphatic heterocycles. The van der Waals surface area contributed by atoms with Gasteiger partial charge < -0.3 is 15.4 Å². The summed E-state index contributed by atoms with van der Waals surface area (Å²) in [7, 11) is 0. The van der Waals surface area contributed by atoms with Crippen LogP contribution in [0.15, 0.2) is 78.9 Å². The van der Waals surface area contributed by atoms with E-state index in [1.54, 1.807) is 42.5 Å². The van der Waals surface area contributed by atoms with E-state index in [2.05, 4.69) is 10.6 Å². The summed E-state index contributed by atoms with van der Waals surface area (Å²) in [4.78, 5) is 24.2. The number of carbonyl (C=O) groups is 2. The number of carbonyl (C=O) groups excluding carboxylic acids is 2. The topological polar surface area (TPSA) is 67.4 Å². The minimum absolute atomic E-state index is 0.0307. The van der Waals surface area contributed by atoms with Gasteiger partial charge >= 0.3 is 0 Å². The van der Waals surface area contributed by atoms with Crippen LogP contribution in [-0.4, -0.2) is 11.8 Å². The molecule has 0 fully saturated rings. The SMILES string of the molecule is O=C(CC(=O)Nc1ccccc1Oc1ccccc1)Nc1ccccc1F. The van der Waals surface area contributed by atoms with E-state index in [0.717, 1.165) is 0 Å². The van der Waals surface area contributed by atoms with Crippen LogP contribution >= 0.6 is 0 Å². The highest BCUT2D eigenvalue weighted by Crippen LogP contribution is 2.29. The van der Waals surface area contributed by atoms with Gasteiger partial charge in [0.1, 0.15) is 18.0 Å². The second-order valence-electron chi connectivity index (χ2n) is 5.66. The first-order chi connectivity index (χ1) is 13.1. The maximum atomic E-state index is 13.6. The van der Waals surface area contributed by atoms with Gasteiger partial charge in [-0.3, -0.25) is 9.59 Å². The molecule has 0 heterocycles. The van der Waals surface area contributed by atoms with E-state index in [4.69, 9.17) is 4.74 Å². The highest BCUT2D eigenvalue weighted by atomic mass is 19.1. The Morgan fingerprint density at radius 3 is 2.00 bits per heavy atom. The Hall–Kier alpha value is -3.67. The van der Waals surface area contributed by atoms with Crippen LogP contribution in [0.3, 0.4) is 0 Å². The predicted octanol–water partition coefficient (Wildman–Crippen LogP) is 4.59. The van der Waals surface area contributed by atoms with Crippen LogP contribution in [-0.2, 0) is 9.59 Å². The first-order valence-corrected chi connectivity index (χ1v) is 8.28. The molecule has 0 bridgehead atoms. The molecule has 0 radical (unpaired) electrons. The highest BCUT2D eigenvalue weighted by Gasteiger charge is 2.14. The maximum absolute atomic E-state index is 13.6. The van der Waals surface area contributed by atoms with Gasteiger partial charge in [-0.1, -0.05) is 42.5 Å². The van der Waals surface area contributed by atoms with Gasteiger partial charge in [0, 0.05) is 0 Å². The molecule has 0 aromatic heterocycles. The maximum Gasteiger partial charge on any atom is 0.233 e. The molecule has 6 heteroatoms. The smallest absolute Gasteiger partial charge is 0.233 e. The zero-order chi connectivity index (χ0) is 19.1. The van der Waals surface area contributed by atoms with Gasteiger partial charge in [0.25, 0.3) is 0 Å². The van der Waals surface area contributed by atoms with Crippen molar-refractivity contribution in [3.05, 3.63) is 84.7 Å². The Kier molecular flexibility index (Phi) is 5.79. The first-order valence-electron chi connectivity index (χ1n) is 8.28. The second-order valence-corrected chi connectivity index (χ2v) is 5.66. The monoisotopic (exact) mass is 364 g/mol. The van der Waals surface area contributed by atoms with Crippen molar-refractivity contribution in [1.82, 2.24) is 0 Å². The summed E-state index contributed by atoms with van der Waals surface area (Å²) in [5, 5.41) is 5.02. The summed E-state index contributed by atoms with van der Waals surface area (Å²) in [6, 6.07) is 21.8. The quantitative estimate of drug-likeness (QED) is 0.629. The number of ether oxygens (including phenoxy) is 1.